The normalized spacial score (nSPS) is 17.2. The van der Waals surface area contributed by atoms with Crippen LogP contribution in [0.5, 0.6) is 5.75 Å². The molecule has 3 N–H and O–H groups in total. The second kappa shape index (κ2) is 6.80. The van der Waals surface area contributed by atoms with Gasteiger partial charge in [-0.25, -0.2) is 4.79 Å². The maximum Gasteiger partial charge on any atom is 0.337 e. The van der Waals surface area contributed by atoms with Crippen molar-refractivity contribution in [1.82, 2.24) is 0 Å². The van der Waals surface area contributed by atoms with Crippen LogP contribution in [-0.4, -0.2) is 36.4 Å². The van der Waals surface area contributed by atoms with E-state index in [1.807, 2.05) is 0 Å². The number of benzene rings is 1. The number of carbonyl (C=O) groups is 1. The van der Waals surface area contributed by atoms with E-state index in [0.717, 1.165) is 25.7 Å². The number of aromatic carboxylic acids is 1. The van der Waals surface area contributed by atoms with E-state index in [1.165, 1.54) is 12.5 Å². The molecule has 5 heteroatoms. The Bertz CT molecular complexity index is 495. The van der Waals surface area contributed by atoms with Crippen molar-refractivity contribution in [2.75, 3.05) is 25.6 Å². The van der Waals surface area contributed by atoms with Gasteiger partial charge in [-0.05, 0) is 25.0 Å². The van der Waals surface area contributed by atoms with Crippen molar-refractivity contribution in [2.45, 2.75) is 32.1 Å². The standard InChI is InChI=1S/C16H23NO4/c1-21-12-5-6-13(15(19)20)14(9-12)17-10-16(11-18)7-3-2-4-8-16/h5-6,9,17-18H,2-4,7-8,10-11H2,1H3,(H,19,20). The van der Waals surface area contributed by atoms with E-state index < -0.39 is 5.97 Å². The summed E-state index contributed by atoms with van der Waals surface area (Å²) in [6.07, 6.45) is 5.39. The van der Waals surface area contributed by atoms with Crippen LogP contribution in [-0.2, 0) is 0 Å². The molecule has 0 aliphatic heterocycles. The van der Waals surface area contributed by atoms with Crippen LogP contribution >= 0.6 is 0 Å². The van der Waals surface area contributed by atoms with Crippen LogP contribution in [0.3, 0.4) is 0 Å². The lowest BCUT2D eigenvalue weighted by Gasteiger charge is -2.36. The summed E-state index contributed by atoms with van der Waals surface area (Å²) in [5, 5.41) is 22.2. The van der Waals surface area contributed by atoms with E-state index in [0.29, 0.717) is 18.0 Å². The van der Waals surface area contributed by atoms with Gasteiger partial charge in [0.2, 0.25) is 0 Å². The van der Waals surface area contributed by atoms with Crippen molar-refractivity contribution in [3.8, 4) is 5.75 Å². The maximum absolute atomic E-state index is 11.3. The number of aliphatic hydroxyl groups is 1. The summed E-state index contributed by atoms with van der Waals surface area (Å²) in [6, 6.07) is 4.87. The first-order chi connectivity index (χ1) is 10.1. The molecule has 1 aromatic carbocycles. The number of methoxy groups -OCH3 is 1. The van der Waals surface area contributed by atoms with Crippen molar-refractivity contribution >= 4 is 11.7 Å². The lowest BCUT2D eigenvalue weighted by Crippen LogP contribution is -2.35. The number of rotatable bonds is 6. The van der Waals surface area contributed by atoms with Crippen LogP contribution in [0.4, 0.5) is 5.69 Å². The molecule has 5 nitrogen and oxygen atoms in total. The van der Waals surface area contributed by atoms with E-state index in [1.54, 1.807) is 19.2 Å². The molecule has 0 aromatic heterocycles. The number of aliphatic hydroxyl groups excluding tert-OH is 1. The molecular formula is C16H23NO4. The van der Waals surface area contributed by atoms with Crippen molar-refractivity contribution in [1.29, 1.82) is 0 Å². The zero-order valence-corrected chi connectivity index (χ0v) is 12.4. The minimum Gasteiger partial charge on any atom is -0.497 e. The summed E-state index contributed by atoms with van der Waals surface area (Å²) in [7, 11) is 1.55. The lowest BCUT2D eigenvalue weighted by atomic mass is 9.74. The van der Waals surface area contributed by atoms with Gasteiger partial charge in [0.15, 0.2) is 0 Å². The fraction of sp³-hybridized carbons (Fsp3) is 0.562. The first kappa shape index (κ1) is 15.6. The molecular weight excluding hydrogens is 270 g/mol. The van der Waals surface area contributed by atoms with Crippen LogP contribution in [0.1, 0.15) is 42.5 Å². The summed E-state index contributed by atoms with van der Waals surface area (Å²) in [5.74, 6) is -0.356. The van der Waals surface area contributed by atoms with Gasteiger partial charge in [0.1, 0.15) is 5.75 Å². The van der Waals surface area contributed by atoms with Crippen molar-refractivity contribution in [3.63, 3.8) is 0 Å². The molecule has 1 aliphatic rings. The highest BCUT2D eigenvalue weighted by atomic mass is 16.5. The van der Waals surface area contributed by atoms with Gasteiger partial charge in [0.25, 0.3) is 0 Å². The van der Waals surface area contributed by atoms with E-state index in [4.69, 9.17) is 4.74 Å². The smallest absolute Gasteiger partial charge is 0.337 e. The second-order valence-corrected chi connectivity index (χ2v) is 5.79. The topological polar surface area (TPSA) is 78.8 Å². The number of nitrogens with one attached hydrogen (secondary N) is 1. The number of anilines is 1. The molecule has 0 atom stereocenters. The summed E-state index contributed by atoms with van der Waals surface area (Å²) in [4.78, 5) is 11.3. The highest BCUT2D eigenvalue weighted by Gasteiger charge is 2.31. The first-order valence-corrected chi connectivity index (χ1v) is 7.36. The van der Waals surface area contributed by atoms with E-state index in [9.17, 15) is 15.0 Å². The van der Waals surface area contributed by atoms with Crippen LogP contribution in [0.2, 0.25) is 0 Å². The van der Waals surface area contributed by atoms with Gasteiger partial charge in [-0.2, -0.15) is 0 Å². The second-order valence-electron chi connectivity index (χ2n) is 5.79. The number of hydrogen-bond acceptors (Lipinski definition) is 4. The Morgan fingerprint density at radius 1 is 1.33 bits per heavy atom. The van der Waals surface area contributed by atoms with Crippen LogP contribution in [0, 0.1) is 5.41 Å². The van der Waals surface area contributed by atoms with Gasteiger partial charge >= 0.3 is 5.97 Å². The van der Waals surface area contributed by atoms with Gasteiger partial charge in [-0.1, -0.05) is 19.3 Å². The molecule has 1 aromatic rings. The maximum atomic E-state index is 11.3. The molecule has 0 bridgehead atoms. The summed E-state index contributed by atoms with van der Waals surface area (Å²) in [5.41, 5.74) is 0.622. The van der Waals surface area contributed by atoms with Gasteiger partial charge in [0, 0.05) is 18.0 Å². The Balaban J connectivity index is 2.15. The summed E-state index contributed by atoms with van der Waals surface area (Å²) < 4.78 is 5.15. The monoisotopic (exact) mass is 293 g/mol. The summed E-state index contributed by atoms with van der Waals surface area (Å²) in [6.45, 7) is 0.712. The Morgan fingerprint density at radius 2 is 2.05 bits per heavy atom. The average molecular weight is 293 g/mol. The van der Waals surface area contributed by atoms with E-state index >= 15 is 0 Å². The molecule has 116 valence electrons. The number of carboxylic acid groups (broad SMARTS) is 1. The minimum absolute atomic E-state index is 0.131. The summed E-state index contributed by atoms with van der Waals surface area (Å²) >= 11 is 0. The molecule has 2 rings (SSSR count). The van der Waals surface area contributed by atoms with Gasteiger partial charge in [-0.15, -0.1) is 0 Å². The van der Waals surface area contributed by atoms with Gasteiger partial charge in [0.05, 0.1) is 25.0 Å². The molecule has 0 unspecified atom stereocenters. The largest absolute Gasteiger partial charge is 0.497 e. The third kappa shape index (κ3) is 3.67. The third-order valence-corrected chi connectivity index (χ3v) is 4.36. The Kier molecular flexibility index (Phi) is 5.07. The lowest BCUT2D eigenvalue weighted by molar-refractivity contribution is 0.0697. The SMILES string of the molecule is COc1ccc(C(=O)O)c(NCC2(CO)CCCCC2)c1. The molecule has 0 saturated heterocycles. The number of ether oxygens (including phenoxy) is 1. The molecule has 0 radical (unpaired) electrons. The fourth-order valence-corrected chi connectivity index (χ4v) is 2.96. The van der Waals surface area contributed by atoms with Crippen LogP contribution < -0.4 is 10.1 Å². The van der Waals surface area contributed by atoms with Crippen LogP contribution in [0.25, 0.3) is 0 Å². The first-order valence-electron chi connectivity index (χ1n) is 7.36. The zero-order valence-electron chi connectivity index (χ0n) is 12.4. The molecule has 1 fully saturated rings. The number of hydrogen-bond donors (Lipinski definition) is 3. The van der Waals surface area contributed by atoms with E-state index in [2.05, 4.69) is 5.32 Å². The van der Waals surface area contributed by atoms with Crippen molar-refractivity contribution in [3.05, 3.63) is 23.8 Å². The van der Waals surface area contributed by atoms with Crippen molar-refractivity contribution in [2.24, 2.45) is 5.41 Å². The Labute approximate surface area is 124 Å². The third-order valence-electron chi connectivity index (χ3n) is 4.36. The molecule has 0 heterocycles. The predicted octanol–water partition coefficient (Wildman–Crippen LogP) is 2.75. The molecule has 1 saturated carbocycles. The highest BCUT2D eigenvalue weighted by molar-refractivity contribution is 5.94. The Morgan fingerprint density at radius 3 is 2.62 bits per heavy atom. The molecule has 21 heavy (non-hydrogen) atoms. The Hall–Kier alpha value is -1.75. The molecule has 0 amide bonds. The average Bonchev–Trinajstić information content (AvgIpc) is 2.53. The highest BCUT2D eigenvalue weighted by Crippen LogP contribution is 2.36. The molecule has 1 aliphatic carbocycles. The zero-order chi connectivity index (χ0) is 15.3. The van der Waals surface area contributed by atoms with Gasteiger partial charge < -0.3 is 20.3 Å². The number of carboxylic acids is 1. The van der Waals surface area contributed by atoms with Crippen LogP contribution in [0.15, 0.2) is 18.2 Å². The quantitative estimate of drug-likeness (QED) is 0.751. The van der Waals surface area contributed by atoms with Crippen molar-refractivity contribution < 1.29 is 19.7 Å². The van der Waals surface area contributed by atoms with E-state index in [-0.39, 0.29) is 17.6 Å². The fourth-order valence-electron chi connectivity index (χ4n) is 2.96. The minimum atomic E-state index is -0.971. The predicted molar refractivity (Wildman–Crippen MR) is 81.0 cm³/mol. The molecule has 0 spiro atoms. The van der Waals surface area contributed by atoms with Gasteiger partial charge in [-0.3, -0.25) is 0 Å².